The van der Waals surface area contributed by atoms with E-state index in [2.05, 4.69) is 4.90 Å². The molecule has 1 fully saturated rings. The van der Waals surface area contributed by atoms with Crippen LogP contribution in [0.25, 0.3) is 0 Å². The molecule has 0 saturated carbocycles. The van der Waals surface area contributed by atoms with Crippen LogP contribution in [0.3, 0.4) is 0 Å². The molecule has 0 N–H and O–H groups in total. The highest BCUT2D eigenvalue weighted by molar-refractivity contribution is 6.35. The molecular formula is C21H22Cl2N2O5. The number of carbonyl (C=O) groups excluding carboxylic acids is 2. The zero-order valence-corrected chi connectivity index (χ0v) is 18.0. The van der Waals surface area contributed by atoms with Crippen molar-refractivity contribution < 1.29 is 23.8 Å². The molecule has 1 amide bonds. The van der Waals surface area contributed by atoms with Crippen LogP contribution in [0.2, 0.25) is 10.0 Å². The molecule has 0 radical (unpaired) electrons. The highest BCUT2D eigenvalue weighted by Crippen LogP contribution is 2.29. The summed E-state index contributed by atoms with van der Waals surface area (Å²) in [5, 5.41) is 0.755. The first-order valence-corrected chi connectivity index (χ1v) is 10.1. The third-order valence-electron chi connectivity index (χ3n) is 4.65. The number of carbonyl (C=O) groups is 2. The lowest BCUT2D eigenvalue weighted by Crippen LogP contribution is -2.50. The molecule has 7 nitrogen and oxygen atoms in total. The molecule has 1 heterocycles. The Morgan fingerprint density at radius 3 is 2.40 bits per heavy atom. The van der Waals surface area contributed by atoms with Crippen LogP contribution in [-0.4, -0.2) is 63.3 Å². The lowest BCUT2D eigenvalue weighted by atomic mass is 10.2. The van der Waals surface area contributed by atoms with Crippen LogP contribution in [0.15, 0.2) is 42.5 Å². The fourth-order valence-corrected chi connectivity index (χ4v) is 3.55. The van der Waals surface area contributed by atoms with Gasteiger partial charge in [0.2, 0.25) is 0 Å². The van der Waals surface area contributed by atoms with Gasteiger partial charge in [0.05, 0.1) is 17.8 Å². The number of para-hydroxylation sites is 2. The van der Waals surface area contributed by atoms with Gasteiger partial charge in [0.25, 0.3) is 5.91 Å². The molecule has 1 aliphatic rings. The Labute approximate surface area is 185 Å². The monoisotopic (exact) mass is 452 g/mol. The minimum absolute atomic E-state index is 0.243. The van der Waals surface area contributed by atoms with Crippen molar-refractivity contribution in [1.29, 1.82) is 0 Å². The number of nitrogens with zero attached hydrogens (tertiary/aromatic N) is 2. The zero-order valence-electron chi connectivity index (χ0n) is 16.5. The van der Waals surface area contributed by atoms with Crippen molar-refractivity contribution in [3.05, 3.63) is 52.5 Å². The van der Waals surface area contributed by atoms with E-state index in [-0.39, 0.29) is 19.1 Å². The number of piperazine rings is 1. The van der Waals surface area contributed by atoms with Crippen molar-refractivity contribution >= 4 is 40.8 Å². The molecule has 0 bridgehead atoms. The average molecular weight is 453 g/mol. The van der Waals surface area contributed by atoms with E-state index >= 15 is 0 Å². The maximum Gasteiger partial charge on any atom is 0.344 e. The highest BCUT2D eigenvalue weighted by Gasteiger charge is 2.23. The summed E-state index contributed by atoms with van der Waals surface area (Å²) in [5.74, 6) is 0.221. The smallest absolute Gasteiger partial charge is 0.344 e. The van der Waals surface area contributed by atoms with Gasteiger partial charge in [-0.3, -0.25) is 4.79 Å². The Morgan fingerprint density at radius 2 is 1.70 bits per heavy atom. The van der Waals surface area contributed by atoms with E-state index < -0.39 is 5.97 Å². The molecule has 0 atom stereocenters. The number of methoxy groups -OCH3 is 1. The van der Waals surface area contributed by atoms with Crippen LogP contribution in [0.4, 0.5) is 5.69 Å². The molecule has 2 aromatic carbocycles. The first-order valence-electron chi connectivity index (χ1n) is 9.37. The predicted octanol–water partition coefficient (Wildman–Crippen LogP) is 3.27. The lowest BCUT2D eigenvalue weighted by molar-refractivity contribution is -0.153. The minimum Gasteiger partial charge on any atom is -0.495 e. The van der Waals surface area contributed by atoms with Gasteiger partial charge in [-0.2, -0.15) is 0 Å². The van der Waals surface area contributed by atoms with Gasteiger partial charge in [0.1, 0.15) is 11.5 Å². The summed E-state index contributed by atoms with van der Waals surface area (Å²) in [6, 6.07) is 12.4. The van der Waals surface area contributed by atoms with E-state index in [1.807, 2.05) is 24.3 Å². The Bertz CT molecular complexity index is 901. The first kappa shape index (κ1) is 22.1. The normalized spacial score (nSPS) is 13.7. The molecule has 30 heavy (non-hydrogen) atoms. The van der Waals surface area contributed by atoms with Gasteiger partial charge in [-0.1, -0.05) is 35.3 Å². The van der Waals surface area contributed by atoms with Crippen molar-refractivity contribution in [3.63, 3.8) is 0 Å². The molecule has 0 aromatic heterocycles. The second-order valence-electron chi connectivity index (χ2n) is 6.56. The van der Waals surface area contributed by atoms with Gasteiger partial charge >= 0.3 is 5.97 Å². The number of esters is 1. The van der Waals surface area contributed by atoms with E-state index in [0.717, 1.165) is 11.4 Å². The standard InChI is InChI=1S/C21H22Cl2N2O5/c1-28-19-5-3-2-4-17(19)24-8-10-25(11-9-24)20(26)13-30-21(27)14-29-18-7-6-15(22)12-16(18)23/h2-7,12H,8-11,13-14H2,1H3. The van der Waals surface area contributed by atoms with Gasteiger partial charge in [0.15, 0.2) is 13.2 Å². The average Bonchev–Trinajstić information content (AvgIpc) is 2.77. The Kier molecular flexibility index (Phi) is 7.65. The fraction of sp³-hybridized carbons (Fsp3) is 0.333. The molecule has 9 heteroatoms. The van der Waals surface area contributed by atoms with Crippen molar-refractivity contribution in [2.75, 3.05) is 51.4 Å². The third kappa shape index (κ3) is 5.70. The number of hydrogen-bond donors (Lipinski definition) is 0. The summed E-state index contributed by atoms with van der Waals surface area (Å²) in [4.78, 5) is 28.1. The molecule has 1 saturated heterocycles. The lowest BCUT2D eigenvalue weighted by Gasteiger charge is -2.36. The van der Waals surface area contributed by atoms with Gasteiger partial charge in [-0.15, -0.1) is 0 Å². The highest BCUT2D eigenvalue weighted by atomic mass is 35.5. The Hall–Kier alpha value is -2.64. The van der Waals surface area contributed by atoms with E-state index in [0.29, 0.717) is 42.0 Å². The van der Waals surface area contributed by atoms with Crippen LogP contribution in [0.5, 0.6) is 11.5 Å². The van der Waals surface area contributed by atoms with Crippen molar-refractivity contribution in [3.8, 4) is 11.5 Å². The molecular weight excluding hydrogens is 431 g/mol. The SMILES string of the molecule is COc1ccccc1N1CCN(C(=O)COC(=O)COc2ccc(Cl)cc2Cl)CC1. The van der Waals surface area contributed by atoms with E-state index in [1.165, 1.54) is 6.07 Å². The van der Waals surface area contributed by atoms with Crippen LogP contribution in [0.1, 0.15) is 0 Å². The van der Waals surface area contributed by atoms with Crippen LogP contribution in [-0.2, 0) is 14.3 Å². The number of anilines is 1. The van der Waals surface area contributed by atoms with E-state index in [1.54, 1.807) is 24.1 Å². The summed E-state index contributed by atoms with van der Waals surface area (Å²) < 4.78 is 15.7. The molecule has 0 unspecified atom stereocenters. The van der Waals surface area contributed by atoms with Gasteiger partial charge in [-0.05, 0) is 30.3 Å². The summed E-state index contributed by atoms with van der Waals surface area (Å²) >= 11 is 11.8. The van der Waals surface area contributed by atoms with Gasteiger partial charge < -0.3 is 24.0 Å². The second-order valence-corrected chi connectivity index (χ2v) is 7.41. The van der Waals surface area contributed by atoms with E-state index in [9.17, 15) is 9.59 Å². The summed E-state index contributed by atoms with van der Waals surface area (Å²) in [6.07, 6.45) is 0. The van der Waals surface area contributed by atoms with Gasteiger partial charge in [-0.25, -0.2) is 4.79 Å². The van der Waals surface area contributed by atoms with Crippen molar-refractivity contribution in [1.82, 2.24) is 4.90 Å². The zero-order chi connectivity index (χ0) is 21.5. The molecule has 0 aliphatic carbocycles. The summed E-state index contributed by atoms with van der Waals surface area (Å²) in [6.45, 7) is 1.72. The number of hydrogen-bond acceptors (Lipinski definition) is 6. The molecule has 1 aliphatic heterocycles. The minimum atomic E-state index is -0.651. The Morgan fingerprint density at radius 1 is 0.967 bits per heavy atom. The number of rotatable bonds is 7. The number of amides is 1. The van der Waals surface area contributed by atoms with Crippen molar-refractivity contribution in [2.24, 2.45) is 0 Å². The largest absolute Gasteiger partial charge is 0.495 e. The predicted molar refractivity (Wildman–Crippen MR) is 115 cm³/mol. The molecule has 0 spiro atoms. The molecule has 160 valence electrons. The first-order chi connectivity index (χ1) is 14.5. The molecule has 3 rings (SSSR count). The third-order valence-corrected chi connectivity index (χ3v) is 5.18. The van der Waals surface area contributed by atoms with Crippen LogP contribution < -0.4 is 14.4 Å². The number of halogens is 2. The van der Waals surface area contributed by atoms with Crippen LogP contribution in [0, 0.1) is 0 Å². The van der Waals surface area contributed by atoms with Gasteiger partial charge in [0, 0.05) is 31.2 Å². The Balaban J connectivity index is 1.42. The van der Waals surface area contributed by atoms with E-state index in [4.69, 9.17) is 37.4 Å². The maximum atomic E-state index is 12.4. The number of ether oxygens (including phenoxy) is 3. The second kappa shape index (κ2) is 10.4. The van der Waals surface area contributed by atoms with Crippen molar-refractivity contribution in [2.45, 2.75) is 0 Å². The fourth-order valence-electron chi connectivity index (χ4n) is 3.09. The quantitative estimate of drug-likeness (QED) is 0.600. The number of benzene rings is 2. The maximum absolute atomic E-state index is 12.4. The topological polar surface area (TPSA) is 68.3 Å². The summed E-state index contributed by atoms with van der Waals surface area (Å²) in [7, 11) is 1.64. The summed E-state index contributed by atoms with van der Waals surface area (Å²) in [5.41, 5.74) is 0.997. The molecule has 2 aromatic rings. The van der Waals surface area contributed by atoms with Crippen LogP contribution >= 0.6 is 23.2 Å².